The Morgan fingerprint density at radius 2 is 2.09 bits per heavy atom. The summed E-state index contributed by atoms with van der Waals surface area (Å²) in [5.74, 6) is 0.458. The van der Waals surface area contributed by atoms with Gasteiger partial charge in [-0.2, -0.15) is 0 Å². The standard InChI is InChI=1S/C17H24N2O3/c1-22-13-16(20)18-11-14-7-8-17(21)19(10-9-14)12-15-5-3-2-4-6-15/h2-6,14H,7-13H2,1H3,(H,18,20). The van der Waals surface area contributed by atoms with Crippen molar-refractivity contribution in [2.24, 2.45) is 5.92 Å². The van der Waals surface area contributed by atoms with E-state index in [1.54, 1.807) is 0 Å². The van der Waals surface area contributed by atoms with Crippen molar-refractivity contribution in [3.8, 4) is 0 Å². The highest BCUT2D eigenvalue weighted by Gasteiger charge is 2.22. The summed E-state index contributed by atoms with van der Waals surface area (Å²) < 4.78 is 4.79. The van der Waals surface area contributed by atoms with Crippen LogP contribution in [0.1, 0.15) is 24.8 Å². The summed E-state index contributed by atoms with van der Waals surface area (Å²) in [7, 11) is 1.51. The minimum absolute atomic E-state index is 0.0891. The molecular formula is C17H24N2O3. The molecule has 1 saturated heterocycles. The minimum atomic E-state index is -0.0979. The first kappa shape index (κ1) is 16.5. The molecule has 2 amide bonds. The first-order chi connectivity index (χ1) is 10.7. The van der Waals surface area contributed by atoms with Gasteiger partial charge in [-0.05, 0) is 24.3 Å². The summed E-state index contributed by atoms with van der Waals surface area (Å²) in [4.78, 5) is 25.6. The number of methoxy groups -OCH3 is 1. The lowest BCUT2D eigenvalue weighted by Crippen LogP contribution is -2.32. The van der Waals surface area contributed by atoms with Gasteiger partial charge in [0, 0.05) is 33.2 Å². The number of amides is 2. The van der Waals surface area contributed by atoms with Gasteiger partial charge in [0.1, 0.15) is 6.61 Å². The van der Waals surface area contributed by atoms with Crippen molar-refractivity contribution in [2.75, 3.05) is 26.8 Å². The zero-order chi connectivity index (χ0) is 15.8. The smallest absolute Gasteiger partial charge is 0.245 e. The molecule has 1 heterocycles. The quantitative estimate of drug-likeness (QED) is 0.868. The number of carbonyl (C=O) groups excluding carboxylic acids is 2. The van der Waals surface area contributed by atoms with E-state index in [1.165, 1.54) is 7.11 Å². The van der Waals surface area contributed by atoms with Crippen molar-refractivity contribution < 1.29 is 14.3 Å². The third-order valence-corrected chi connectivity index (χ3v) is 4.01. The highest BCUT2D eigenvalue weighted by atomic mass is 16.5. The Kier molecular flexibility index (Phi) is 6.40. The Labute approximate surface area is 131 Å². The molecule has 1 aromatic rings. The molecule has 22 heavy (non-hydrogen) atoms. The van der Waals surface area contributed by atoms with Gasteiger partial charge in [-0.3, -0.25) is 9.59 Å². The van der Waals surface area contributed by atoms with E-state index >= 15 is 0 Å². The molecule has 5 heteroatoms. The second kappa shape index (κ2) is 8.54. The number of nitrogens with one attached hydrogen (secondary N) is 1. The summed E-state index contributed by atoms with van der Waals surface area (Å²) in [6.07, 6.45) is 2.31. The van der Waals surface area contributed by atoms with Gasteiger partial charge in [-0.15, -0.1) is 0 Å². The highest BCUT2D eigenvalue weighted by Crippen LogP contribution is 2.19. The fourth-order valence-electron chi connectivity index (χ4n) is 2.71. The number of nitrogens with zero attached hydrogens (tertiary/aromatic N) is 1. The van der Waals surface area contributed by atoms with Gasteiger partial charge >= 0.3 is 0 Å². The number of hydrogen-bond donors (Lipinski definition) is 1. The van der Waals surface area contributed by atoms with Gasteiger partial charge < -0.3 is 15.0 Å². The molecule has 1 atom stereocenters. The molecule has 0 saturated carbocycles. The maximum atomic E-state index is 12.2. The predicted octanol–water partition coefficient (Wildman–Crippen LogP) is 1.58. The molecule has 0 spiro atoms. The average molecular weight is 304 g/mol. The lowest BCUT2D eigenvalue weighted by Gasteiger charge is -2.21. The van der Waals surface area contributed by atoms with Gasteiger partial charge in [-0.1, -0.05) is 30.3 Å². The van der Waals surface area contributed by atoms with E-state index in [9.17, 15) is 9.59 Å². The topological polar surface area (TPSA) is 58.6 Å². The number of rotatable bonds is 6. The fraction of sp³-hybridized carbons (Fsp3) is 0.529. The summed E-state index contributed by atoms with van der Waals surface area (Å²) in [5.41, 5.74) is 1.16. The molecule has 0 aliphatic carbocycles. The molecule has 1 fully saturated rings. The fourth-order valence-corrected chi connectivity index (χ4v) is 2.71. The first-order valence-corrected chi connectivity index (χ1v) is 7.76. The molecule has 1 aliphatic heterocycles. The second-order valence-corrected chi connectivity index (χ2v) is 5.73. The summed E-state index contributed by atoms with van der Waals surface area (Å²) in [5, 5.41) is 2.87. The largest absolute Gasteiger partial charge is 0.375 e. The Bertz CT molecular complexity index is 490. The van der Waals surface area contributed by atoms with E-state index in [-0.39, 0.29) is 18.4 Å². The Hall–Kier alpha value is -1.88. The molecule has 1 aromatic carbocycles. The van der Waals surface area contributed by atoms with E-state index in [0.717, 1.165) is 24.9 Å². The van der Waals surface area contributed by atoms with Crippen LogP contribution in [-0.4, -0.2) is 43.5 Å². The van der Waals surface area contributed by atoms with Crippen LogP contribution in [0.4, 0.5) is 0 Å². The number of hydrogen-bond acceptors (Lipinski definition) is 3. The van der Waals surface area contributed by atoms with E-state index < -0.39 is 0 Å². The second-order valence-electron chi connectivity index (χ2n) is 5.73. The van der Waals surface area contributed by atoms with Crippen molar-refractivity contribution >= 4 is 11.8 Å². The van der Waals surface area contributed by atoms with Crippen LogP contribution in [0.3, 0.4) is 0 Å². The van der Waals surface area contributed by atoms with E-state index in [4.69, 9.17) is 4.74 Å². The molecule has 1 N–H and O–H groups in total. The summed E-state index contributed by atoms with van der Waals surface area (Å²) >= 11 is 0. The molecule has 2 rings (SSSR count). The van der Waals surface area contributed by atoms with E-state index in [0.29, 0.717) is 25.4 Å². The van der Waals surface area contributed by atoms with Crippen LogP contribution in [0, 0.1) is 5.92 Å². The van der Waals surface area contributed by atoms with Gasteiger partial charge in [0.05, 0.1) is 0 Å². The Balaban J connectivity index is 1.82. The van der Waals surface area contributed by atoms with Crippen LogP contribution in [0.25, 0.3) is 0 Å². The first-order valence-electron chi connectivity index (χ1n) is 7.76. The minimum Gasteiger partial charge on any atom is -0.375 e. The molecule has 1 unspecified atom stereocenters. The monoisotopic (exact) mass is 304 g/mol. The van der Waals surface area contributed by atoms with Crippen molar-refractivity contribution in [1.82, 2.24) is 10.2 Å². The lowest BCUT2D eigenvalue weighted by molar-refractivity contribution is -0.131. The van der Waals surface area contributed by atoms with Crippen LogP contribution < -0.4 is 5.32 Å². The average Bonchev–Trinajstić information content (AvgIpc) is 2.70. The van der Waals surface area contributed by atoms with Gasteiger partial charge in [0.25, 0.3) is 0 Å². The van der Waals surface area contributed by atoms with Crippen LogP contribution in [0.2, 0.25) is 0 Å². The molecule has 0 bridgehead atoms. The van der Waals surface area contributed by atoms with Crippen molar-refractivity contribution in [1.29, 1.82) is 0 Å². The highest BCUT2D eigenvalue weighted by molar-refractivity contribution is 5.77. The van der Waals surface area contributed by atoms with Crippen molar-refractivity contribution in [3.05, 3.63) is 35.9 Å². The number of carbonyl (C=O) groups is 2. The maximum Gasteiger partial charge on any atom is 0.245 e. The van der Waals surface area contributed by atoms with Crippen LogP contribution >= 0.6 is 0 Å². The third kappa shape index (κ3) is 5.15. The van der Waals surface area contributed by atoms with E-state index in [1.807, 2.05) is 35.2 Å². The summed E-state index contributed by atoms with van der Waals surface area (Å²) in [6.45, 7) is 2.13. The SMILES string of the molecule is COCC(=O)NCC1CCC(=O)N(Cc2ccccc2)CC1. The summed E-state index contributed by atoms with van der Waals surface area (Å²) in [6, 6.07) is 10.0. The molecule has 120 valence electrons. The Morgan fingerprint density at radius 1 is 1.32 bits per heavy atom. The normalized spacial score (nSPS) is 18.9. The Morgan fingerprint density at radius 3 is 2.82 bits per heavy atom. The number of ether oxygens (including phenoxy) is 1. The zero-order valence-electron chi connectivity index (χ0n) is 13.1. The lowest BCUT2D eigenvalue weighted by atomic mass is 10.0. The number of benzene rings is 1. The molecule has 0 radical (unpaired) electrons. The molecule has 1 aliphatic rings. The zero-order valence-corrected chi connectivity index (χ0v) is 13.1. The predicted molar refractivity (Wildman–Crippen MR) is 84.1 cm³/mol. The van der Waals surface area contributed by atoms with Crippen LogP contribution in [0.15, 0.2) is 30.3 Å². The van der Waals surface area contributed by atoms with Crippen LogP contribution in [-0.2, 0) is 20.9 Å². The van der Waals surface area contributed by atoms with E-state index in [2.05, 4.69) is 5.32 Å². The maximum absolute atomic E-state index is 12.2. The molecule has 0 aromatic heterocycles. The van der Waals surface area contributed by atoms with Gasteiger partial charge in [-0.25, -0.2) is 0 Å². The van der Waals surface area contributed by atoms with Gasteiger partial charge in [0.2, 0.25) is 11.8 Å². The van der Waals surface area contributed by atoms with Crippen molar-refractivity contribution in [2.45, 2.75) is 25.8 Å². The number of likely N-dealkylation sites (tertiary alicyclic amines) is 1. The molecular weight excluding hydrogens is 280 g/mol. The van der Waals surface area contributed by atoms with Crippen molar-refractivity contribution in [3.63, 3.8) is 0 Å². The molecule has 5 nitrogen and oxygen atoms in total. The van der Waals surface area contributed by atoms with Gasteiger partial charge in [0.15, 0.2) is 0 Å². The van der Waals surface area contributed by atoms with Crippen LogP contribution in [0.5, 0.6) is 0 Å². The third-order valence-electron chi connectivity index (χ3n) is 4.01.